The summed E-state index contributed by atoms with van der Waals surface area (Å²) in [5, 5.41) is 8.71. The summed E-state index contributed by atoms with van der Waals surface area (Å²) >= 11 is 0. The number of nitriles is 1. The Bertz CT molecular complexity index is 598. The van der Waals surface area contributed by atoms with Crippen LogP contribution in [0.25, 0.3) is 11.1 Å². The molecule has 0 bridgehead atoms. The molecule has 0 aliphatic heterocycles. The molecule has 1 atom stereocenters. The molecule has 0 radical (unpaired) electrons. The number of hydrogen-bond donors (Lipinski definition) is 0. The predicted octanol–water partition coefficient (Wildman–Crippen LogP) is 4.48. The van der Waals surface area contributed by atoms with Gasteiger partial charge in [0.15, 0.2) is 0 Å². The van der Waals surface area contributed by atoms with Crippen LogP contribution in [0.3, 0.4) is 0 Å². The third kappa shape index (κ3) is 4.18. The van der Waals surface area contributed by atoms with E-state index >= 15 is 0 Å². The van der Waals surface area contributed by atoms with E-state index in [1.165, 1.54) is 16.7 Å². The average Bonchev–Trinajstić information content (AvgIpc) is 2.54. The molecular formula is C19H22N2. The third-order valence-electron chi connectivity index (χ3n) is 3.95. The largest absolute Gasteiger partial charge is 0.299 e. The van der Waals surface area contributed by atoms with E-state index in [4.69, 9.17) is 5.26 Å². The van der Waals surface area contributed by atoms with Crippen LogP contribution in [-0.2, 0) is 6.54 Å². The van der Waals surface area contributed by atoms with Gasteiger partial charge in [-0.3, -0.25) is 4.90 Å². The molecule has 21 heavy (non-hydrogen) atoms. The molecule has 0 amide bonds. The molecule has 2 nitrogen and oxygen atoms in total. The second-order valence-corrected chi connectivity index (χ2v) is 5.48. The van der Waals surface area contributed by atoms with Crippen LogP contribution in [0.5, 0.6) is 0 Å². The lowest BCUT2D eigenvalue weighted by Crippen LogP contribution is -2.28. The van der Waals surface area contributed by atoms with Crippen LogP contribution < -0.4 is 0 Å². The van der Waals surface area contributed by atoms with E-state index in [0.29, 0.717) is 12.5 Å². The second-order valence-electron chi connectivity index (χ2n) is 5.48. The molecule has 2 rings (SSSR count). The van der Waals surface area contributed by atoms with Crippen molar-refractivity contribution in [2.75, 3.05) is 7.05 Å². The first kappa shape index (κ1) is 15.3. The van der Waals surface area contributed by atoms with E-state index in [2.05, 4.69) is 73.5 Å². The summed E-state index contributed by atoms with van der Waals surface area (Å²) in [7, 11) is 2.13. The van der Waals surface area contributed by atoms with Gasteiger partial charge in [0.05, 0.1) is 6.07 Å². The minimum absolute atomic E-state index is 0.411. The summed E-state index contributed by atoms with van der Waals surface area (Å²) < 4.78 is 0. The SMILES string of the molecule is C[C@@H](CCC#N)N(C)Cc1ccccc1-c1ccccc1. The summed E-state index contributed by atoms with van der Waals surface area (Å²) in [4.78, 5) is 2.32. The monoisotopic (exact) mass is 278 g/mol. The average molecular weight is 278 g/mol. The molecule has 0 unspecified atom stereocenters. The smallest absolute Gasteiger partial charge is 0.0622 e. The molecule has 0 N–H and O–H groups in total. The van der Waals surface area contributed by atoms with E-state index in [9.17, 15) is 0 Å². The van der Waals surface area contributed by atoms with Crippen molar-refractivity contribution >= 4 is 0 Å². The maximum absolute atomic E-state index is 8.71. The lowest BCUT2D eigenvalue weighted by Gasteiger charge is -2.25. The van der Waals surface area contributed by atoms with Crippen LogP contribution in [0, 0.1) is 11.3 Å². The molecule has 0 heterocycles. The summed E-state index contributed by atoms with van der Waals surface area (Å²) in [5.41, 5.74) is 3.87. The van der Waals surface area contributed by atoms with Gasteiger partial charge in [-0.25, -0.2) is 0 Å². The Kier molecular flexibility index (Phi) is 5.54. The topological polar surface area (TPSA) is 27.0 Å². The molecule has 0 aliphatic rings. The van der Waals surface area contributed by atoms with E-state index in [1.54, 1.807) is 0 Å². The number of rotatable bonds is 6. The highest BCUT2D eigenvalue weighted by Crippen LogP contribution is 2.25. The highest BCUT2D eigenvalue weighted by molar-refractivity contribution is 5.67. The quantitative estimate of drug-likeness (QED) is 0.779. The molecule has 0 aliphatic carbocycles. The van der Waals surface area contributed by atoms with E-state index in [0.717, 1.165) is 13.0 Å². The van der Waals surface area contributed by atoms with Gasteiger partial charge in [0.25, 0.3) is 0 Å². The summed E-state index contributed by atoms with van der Waals surface area (Å²) in [6.07, 6.45) is 1.53. The standard InChI is InChI=1S/C19H22N2/c1-16(9-8-14-20)21(2)15-18-12-6-7-13-19(18)17-10-4-3-5-11-17/h3-7,10-13,16H,8-9,15H2,1-2H3/t16-/m0/s1. The normalized spacial score (nSPS) is 12.1. The molecule has 2 aromatic carbocycles. The maximum Gasteiger partial charge on any atom is 0.0622 e. The minimum Gasteiger partial charge on any atom is -0.299 e. The van der Waals surface area contributed by atoms with Gasteiger partial charge in [-0.15, -0.1) is 0 Å². The Morgan fingerprint density at radius 2 is 1.71 bits per heavy atom. The Morgan fingerprint density at radius 3 is 2.43 bits per heavy atom. The van der Waals surface area contributed by atoms with Gasteiger partial charge in [0.1, 0.15) is 0 Å². The predicted molar refractivity (Wildman–Crippen MR) is 87.7 cm³/mol. The van der Waals surface area contributed by atoms with Gasteiger partial charge in [-0.2, -0.15) is 5.26 Å². The van der Waals surface area contributed by atoms with Crippen molar-refractivity contribution in [2.45, 2.75) is 32.4 Å². The molecule has 0 fully saturated rings. The molecule has 0 saturated heterocycles. The molecular weight excluding hydrogens is 256 g/mol. The Morgan fingerprint density at radius 1 is 1.05 bits per heavy atom. The van der Waals surface area contributed by atoms with Gasteiger partial charge in [-0.05, 0) is 37.1 Å². The fourth-order valence-electron chi connectivity index (χ4n) is 2.48. The van der Waals surface area contributed by atoms with E-state index in [-0.39, 0.29) is 0 Å². The zero-order valence-electron chi connectivity index (χ0n) is 12.8. The van der Waals surface area contributed by atoms with Crippen LogP contribution >= 0.6 is 0 Å². The zero-order chi connectivity index (χ0) is 15.1. The molecule has 2 heteroatoms. The highest BCUT2D eigenvalue weighted by atomic mass is 15.1. The zero-order valence-corrected chi connectivity index (χ0v) is 12.8. The van der Waals surface area contributed by atoms with Gasteiger partial charge in [0.2, 0.25) is 0 Å². The Labute approximate surface area is 127 Å². The van der Waals surface area contributed by atoms with Gasteiger partial charge < -0.3 is 0 Å². The van der Waals surface area contributed by atoms with Crippen molar-refractivity contribution < 1.29 is 0 Å². The first-order valence-electron chi connectivity index (χ1n) is 7.43. The van der Waals surface area contributed by atoms with Gasteiger partial charge in [0, 0.05) is 19.0 Å². The van der Waals surface area contributed by atoms with Crippen molar-refractivity contribution in [3.63, 3.8) is 0 Å². The number of hydrogen-bond acceptors (Lipinski definition) is 2. The molecule has 108 valence electrons. The lowest BCUT2D eigenvalue weighted by atomic mass is 9.99. The number of nitrogens with zero attached hydrogens (tertiary/aromatic N) is 2. The third-order valence-corrected chi connectivity index (χ3v) is 3.95. The summed E-state index contributed by atoms with van der Waals surface area (Å²) in [6, 6.07) is 21.7. The van der Waals surface area contributed by atoms with E-state index < -0.39 is 0 Å². The van der Waals surface area contributed by atoms with Crippen LogP contribution in [0.2, 0.25) is 0 Å². The lowest BCUT2D eigenvalue weighted by molar-refractivity contribution is 0.240. The maximum atomic E-state index is 8.71. The van der Waals surface area contributed by atoms with Gasteiger partial charge in [-0.1, -0.05) is 54.6 Å². The first-order valence-corrected chi connectivity index (χ1v) is 7.43. The van der Waals surface area contributed by atoms with Crippen LogP contribution in [0.15, 0.2) is 54.6 Å². The van der Waals surface area contributed by atoms with Crippen LogP contribution in [0.4, 0.5) is 0 Å². The molecule has 0 spiro atoms. The Hall–Kier alpha value is -2.11. The number of benzene rings is 2. The van der Waals surface area contributed by atoms with Crippen molar-refractivity contribution in [3.8, 4) is 17.2 Å². The molecule has 0 aromatic heterocycles. The van der Waals surface area contributed by atoms with E-state index in [1.807, 2.05) is 6.07 Å². The fraction of sp³-hybridized carbons (Fsp3) is 0.316. The van der Waals surface area contributed by atoms with Gasteiger partial charge >= 0.3 is 0 Å². The van der Waals surface area contributed by atoms with Crippen molar-refractivity contribution in [2.24, 2.45) is 0 Å². The fourth-order valence-corrected chi connectivity index (χ4v) is 2.48. The molecule has 2 aromatic rings. The first-order chi connectivity index (χ1) is 10.2. The summed E-state index contributed by atoms with van der Waals surface area (Å²) in [5.74, 6) is 0. The Balaban J connectivity index is 2.16. The van der Waals surface area contributed by atoms with Crippen LogP contribution in [0.1, 0.15) is 25.3 Å². The van der Waals surface area contributed by atoms with Crippen molar-refractivity contribution in [3.05, 3.63) is 60.2 Å². The minimum atomic E-state index is 0.411. The highest BCUT2D eigenvalue weighted by Gasteiger charge is 2.12. The molecule has 0 saturated carbocycles. The van der Waals surface area contributed by atoms with Crippen LogP contribution in [-0.4, -0.2) is 18.0 Å². The summed E-state index contributed by atoms with van der Waals surface area (Å²) in [6.45, 7) is 3.08. The second kappa shape index (κ2) is 7.61. The van der Waals surface area contributed by atoms with Crippen molar-refractivity contribution in [1.82, 2.24) is 4.90 Å². The van der Waals surface area contributed by atoms with Crippen molar-refractivity contribution in [1.29, 1.82) is 5.26 Å².